The van der Waals surface area contributed by atoms with E-state index in [1.165, 1.54) is 12.8 Å². The van der Waals surface area contributed by atoms with Gasteiger partial charge in [0, 0.05) is 14.7 Å². The Labute approximate surface area is 119 Å². The first-order valence-corrected chi connectivity index (χ1v) is 7.67. The third-order valence-electron chi connectivity index (χ3n) is 2.50. The van der Waals surface area contributed by atoms with Crippen molar-refractivity contribution in [3.8, 4) is 0 Å². The lowest BCUT2D eigenvalue weighted by atomic mass is 10.2. The number of hydrogen-bond acceptors (Lipinski definition) is 3. The lowest BCUT2D eigenvalue weighted by molar-refractivity contribution is 0.754. The molecule has 1 aliphatic rings. The Morgan fingerprint density at radius 1 is 1.59 bits per heavy atom. The van der Waals surface area contributed by atoms with Gasteiger partial charge in [-0.15, -0.1) is 0 Å². The molecule has 0 fully saturated rings. The van der Waals surface area contributed by atoms with Gasteiger partial charge in [0.15, 0.2) is 5.17 Å². The van der Waals surface area contributed by atoms with E-state index in [0.717, 1.165) is 26.9 Å². The monoisotopic (exact) mass is 332 g/mol. The van der Waals surface area contributed by atoms with Gasteiger partial charge in [0.25, 0.3) is 0 Å². The molecule has 0 saturated heterocycles. The van der Waals surface area contributed by atoms with E-state index in [4.69, 9.17) is 11.6 Å². The number of hydrogen-bond donors (Lipinski definition) is 1. The van der Waals surface area contributed by atoms with Crippen LogP contribution in [0.2, 0.25) is 5.02 Å². The molecule has 92 valence electrons. The maximum Gasteiger partial charge on any atom is 0.161 e. The van der Waals surface area contributed by atoms with E-state index in [9.17, 15) is 0 Å². The normalized spacial score (nSPS) is 19.2. The Bertz CT molecular complexity index is 437. The summed E-state index contributed by atoms with van der Waals surface area (Å²) in [5, 5.41) is 5.66. The summed E-state index contributed by atoms with van der Waals surface area (Å²) in [4.78, 5) is 4.51. The molecule has 1 unspecified atom stereocenters. The molecule has 0 spiro atoms. The number of amidine groups is 1. The number of anilines is 1. The second-order valence-electron chi connectivity index (χ2n) is 3.92. The van der Waals surface area contributed by atoms with E-state index in [0.29, 0.717) is 5.25 Å². The number of aliphatic imine (C=N–C) groups is 1. The molecular weight excluding hydrogens is 320 g/mol. The summed E-state index contributed by atoms with van der Waals surface area (Å²) in [6.07, 6.45) is 2.43. The highest BCUT2D eigenvalue weighted by molar-refractivity contribution is 9.10. The first-order chi connectivity index (χ1) is 8.19. The van der Waals surface area contributed by atoms with Gasteiger partial charge in [-0.1, -0.05) is 36.7 Å². The molecule has 0 amide bonds. The second-order valence-corrected chi connectivity index (χ2v) is 6.50. The molecule has 1 aromatic rings. The molecule has 17 heavy (non-hydrogen) atoms. The van der Waals surface area contributed by atoms with Crippen molar-refractivity contribution in [3.05, 3.63) is 27.7 Å². The quantitative estimate of drug-likeness (QED) is 0.860. The molecule has 2 nitrogen and oxygen atoms in total. The lowest BCUT2D eigenvalue weighted by Crippen LogP contribution is -2.07. The van der Waals surface area contributed by atoms with Gasteiger partial charge in [-0.25, -0.2) is 0 Å². The first kappa shape index (κ1) is 13.2. The Balaban J connectivity index is 2.00. The average molecular weight is 334 g/mol. The minimum atomic E-state index is 0.625. The Kier molecular flexibility index (Phi) is 4.77. The third kappa shape index (κ3) is 3.63. The van der Waals surface area contributed by atoms with Crippen molar-refractivity contribution in [2.24, 2.45) is 4.99 Å². The molecule has 0 saturated carbocycles. The predicted octanol–water partition coefficient (Wildman–Crippen LogP) is 4.79. The van der Waals surface area contributed by atoms with Gasteiger partial charge >= 0.3 is 0 Å². The van der Waals surface area contributed by atoms with Crippen molar-refractivity contribution >= 4 is 50.1 Å². The average Bonchev–Trinajstić information content (AvgIpc) is 2.72. The molecule has 0 bridgehead atoms. The third-order valence-corrected chi connectivity index (χ3v) is 4.60. The van der Waals surface area contributed by atoms with Crippen LogP contribution in [0.3, 0.4) is 0 Å². The first-order valence-electron chi connectivity index (χ1n) is 5.62. The zero-order valence-corrected chi connectivity index (χ0v) is 12.7. The van der Waals surface area contributed by atoms with Gasteiger partial charge in [0.2, 0.25) is 0 Å². The minimum Gasteiger partial charge on any atom is -0.334 e. The maximum atomic E-state index is 5.97. The highest BCUT2D eigenvalue weighted by Crippen LogP contribution is 2.30. The van der Waals surface area contributed by atoms with Crippen molar-refractivity contribution in [2.75, 3.05) is 11.9 Å². The van der Waals surface area contributed by atoms with Crippen LogP contribution in [0.15, 0.2) is 27.7 Å². The Morgan fingerprint density at radius 2 is 2.41 bits per heavy atom. The van der Waals surface area contributed by atoms with Gasteiger partial charge in [0.05, 0.1) is 12.2 Å². The molecule has 1 heterocycles. The molecule has 5 heteroatoms. The number of thioether (sulfide) groups is 1. The largest absolute Gasteiger partial charge is 0.334 e. The van der Waals surface area contributed by atoms with Gasteiger partial charge in [-0.05, 0) is 40.5 Å². The number of rotatable bonds is 3. The molecule has 1 aromatic carbocycles. The fourth-order valence-electron chi connectivity index (χ4n) is 1.67. The highest BCUT2D eigenvalue weighted by Gasteiger charge is 2.19. The predicted molar refractivity (Wildman–Crippen MR) is 81.4 cm³/mol. The smallest absolute Gasteiger partial charge is 0.161 e. The van der Waals surface area contributed by atoms with Crippen molar-refractivity contribution in [1.29, 1.82) is 0 Å². The van der Waals surface area contributed by atoms with Gasteiger partial charge < -0.3 is 5.32 Å². The van der Waals surface area contributed by atoms with Crippen LogP contribution in [-0.4, -0.2) is 17.0 Å². The van der Waals surface area contributed by atoms with Gasteiger partial charge in [-0.2, -0.15) is 0 Å². The zero-order valence-electron chi connectivity index (χ0n) is 9.54. The van der Waals surface area contributed by atoms with Crippen LogP contribution in [0.5, 0.6) is 0 Å². The van der Waals surface area contributed by atoms with E-state index in [1.54, 1.807) is 0 Å². The zero-order chi connectivity index (χ0) is 12.3. The summed E-state index contributed by atoms with van der Waals surface area (Å²) in [7, 11) is 0. The van der Waals surface area contributed by atoms with Gasteiger partial charge in [0.1, 0.15) is 0 Å². The standard InChI is InChI=1S/C12H14BrClN2S/c1-2-3-9-7-15-12(17-9)16-11-6-8(14)4-5-10(11)13/h4-6,9H,2-3,7H2,1H3,(H,15,16). The van der Waals surface area contributed by atoms with Crippen LogP contribution in [-0.2, 0) is 0 Å². The Hall–Kier alpha value is -0.190. The molecule has 0 radical (unpaired) electrons. The molecule has 1 atom stereocenters. The van der Waals surface area contributed by atoms with Crippen molar-refractivity contribution in [1.82, 2.24) is 0 Å². The fraction of sp³-hybridized carbons (Fsp3) is 0.417. The fourth-order valence-corrected chi connectivity index (χ4v) is 3.32. The molecule has 0 aliphatic carbocycles. The van der Waals surface area contributed by atoms with Crippen LogP contribution in [0.25, 0.3) is 0 Å². The van der Waals surface area contributed by atoms with E-state index in [-0.39, 0.29) is 0 Å². The summed E-state index contributed by atoms with van der Waals surface area (Å²) in [5.74, 6) is 0. The summed E-state index contributed by atoms with van der Waals surface area (Å²) in [5.41, 5.74) is 0.973. The summed E-state index contributed by atoms with van der Waals surface area (Å²) < 4.78 is 1.00. The van der Waals surface area contributed by atoms with Crippen molar-refractivity contribution < 1.29 is 0 Å². The van der Waals surface area contributed by atoms with Crippen LogP contribution >= 0.6 is 39.3 Å². The van der Waals surface area contributed by atoms with E-state index in [2.05, 4.69) is 33.2 Å². The molecule has 0 aromatic heterocycles. The van der Waals surface area contributed by atoms with Crippen LogP contribution in [0, 0.1) is 0 Å². The maximum absolute atomic E-state index is 5.97. The highest BCUT2D eigenvalue weighted by atomic mass is 79.9. The summed E-state index contributed by atoms with van der Waals surface area (Å²) >= 11 is 11.3. The molecule has 2 rings (SSSR count). The van der Waals surface area contributed by atoms with Crippen LogP contribution in [0.1, 0.15) is 19.8 Å². The minimum absolute atomic E-state index is 0.625. The van der Waals surface area contributed by atoms with E-state index >= 15 is 0 Å². The van der Waals surface area contributed by atoms with E-state index in [1.807, 2.05) is 30.0 Å². The Morgan fingerprint density at radius 3 is 3.18 bits per heavy atom. The van der Waals surface area contributed by atoms with Gasteiger partial charge in [-0.3, -0.25) is 4.99 Å². The van der Waals surface area contributed by atoms with Crippen LogP contribution < -0.4 is 5.32 Å². The number of nitrogens with zero attached hydrogens (tertiary/aromatic N) is 1. The lowest BCUT2D eigenvalue weighted by Gasteiger charge is -2.09. The number of halogens is 2. The summed E-state index contributed by atoms with van der Waals surface area (Å²) in [6.45, 7) is 3.12. The molecule has 1 N–H and O–H groups in total. The number of benzene rings is 1. The number of nitrogens with one attached hydrogen (secondary N) is 1. The van der Waals surface area contributed by atoms with Crippen molar-refractivity contribution in [2.45, 2.75) is 25.0 Å². The van der Waals surface area contributed by atoms with Crippen LogP contribution in [0.4, 0.5) is 5.69 Å². The second kappa shape index (κ2) is 6.12. The molecular formula is C12H14BrClN2S. The van der Waals surface area contributed by atoms with E-state index < -0.39 is 0 Å². The van der Waals surface area contributed by atoms with Crippen molar-refractivity contribution in [3.63, 3.8) is 0 Å². The topological polar surface area (TPSA) is 24.4 Å². The molecule has 1 aliphatic heterocycles. The SMILES string of the molecule is CCCC1CN=C(Nc2cc(Cl)ccc2Br)S1. The summed E-state index contributed by atoms with van der Waals surface area (Å²) in [6, 6.07) is 5.70.